The molecule has 4 nitrogen and oxygen atoms in total. The molecule has 7 heteroatoms. The van der Waals surface area contributed by atoms with Gasteiger partial charge in [-0.05, 0) is 60.3 Å². The predicted molar refractivity (Wildman–Crippen MR) is 130 cm³/mol. The van der Waals surface area contributed by atoms with Crippen LogP contribution in [0.4, 0.5) is 17.1 Å². The van der Waals surface area contributed by atoms with Crippen LogP contribution in [0.3, 0.4) is 0 Å². The maximum atomic E-state index is 13.6. The summed E-state index contributed by atoms with van der Waals surface area (Å²) >= 11 is 6.51. The zero-order valence-corrected chi connectivity index (χ0v) is 19.2. The summed E-state index contributed by atoms with van der Waals surface area (Å²) in [4.78, 5) is 24.0. The highest BCUT2D eigenvalue weighted by Gasteiger charge is 2.39. The molecule has 2 heterocycles. The Bertz CT molecular complexity index is 1190. The van der Waals surface area contributed by atoms with Gasteiger partial charge in [-0.1, -0.05) is 58.0 Å². The molecule has 0 aliphatic carbocycles. The normalized spacial score (nSPS) is 19.7. The molecule has 148 valence electrons. The molecule has 2 aliphatic rings. The van der Waals surface area contributed by atoms with Crippen LogP contribution in [0.1, 0.15) is 0 Å². The van der Waals surface area contributed by atoms with Gasteiger partial charge in [-0.3, -0.25) is 9.69 Å². The number of nitrogens with zero attached hydrogens (tertiary/aromatic N) is 3. The van der Waals surface area contributed by atoms with E-state index in [0.29, 0.717) is 10.1 Å². The number of anilines is 2. The lowest BCUT2D eigenvalue weighted by molar-refractivity contribution is -0.113. The van der Waals surface area contributed by atoms with Crippen molar-refractivity contribution in [1.29, 1.82) is 0 Å². The van der Waals surface area contributed by atoms with Crippen LogP contribution in [0.5, 0.6) is 0 Å². The van der Waals surface area contributed by atoms with Crippen molar-refractivity contribution >= 4 is 67.6 Å². The minimum Gasteiger partial charge on any atom is -0.337 e. The molecule has 0 saturated carbocycles. The molecule has 0 bridgehead atoms. The molecule has 5 rings (SSSR count). The van der Waals surface area contributed by atoms with E-state index in [9.17, 15) is 4.79 Å². The Hall–Kier alpha value is -2.48. The fourth-order valence-electron chi connectivity index (χ4n) is 3.31. The van der Waals surface area contributed by atoms with Crippen molar-refractivity contribution in [2.45, 2.75) is 4.90 Å². The van der Waals surface area contributed by atoms with Crippen LogP contribution in [0.25, 0.3) is 0 Å². The summed E-state index contributed by atoms with van der Waals surface area (Å²) in [5, 5.41) is 1.59. The third-order valence-electron chi connectivity index (χ3n) is 4.78. The molecule has 0 unspecified atom stereocenters. The summed E-state index contributed by atoms with van der Waals surface area (Å²) < 4.78 is 0.992. The zero-order valence-electron chi connectivity index (χ0n) is 15.9. The fourth-order valence-corrected chi connectivity index (χ4v) is 5.92. The molecule has 2 aliphatic heterocycles. The summed E-state index contributed by atoms with van der Waals surface area (Å²) in [7, 11) is 2.01. The standard InChI is InChI=1S/C23H16BrN3OS2/c1-26-18-9-5-6-10-19(18)29-22(26)20-21(28)27(17-7-3-2-4-8-17)23(30-20)25-16-13-11-15(24)12-14-16/h2-14H,1H3/b22-20-,25-23?. The van der Waals surface area contributed by atoms with Gasteiger partial charge in [0.25, 0.3) is 5.91 Å². The van der Waals surface area contributed by atoms with E-state index in [1.165, 1.54) is 11.8 Å². The molecule has 0 aromatic heterocycles. The number of benzene rings is 3. The molecule has 3 aromatic carbocycles. The molecule has 0 N–H and O–H groups in total. The van der Waals surface area contributed by atoms with Crippen LogP contribution < -0.4 is 9.80 Å². The molecule has 1 amide bonds. The Morgan fingerprint density at radius 1 is 0.867 bits per heavy atom. The van der Waals surface area contributed by atoms with Crippen molar-refractivity contribution in [1.82, 2.24) is 0 Å². The first-order valence-electron chi connectivity index (χ1n) is 9.28. The van der Waals surface area contributed by atoms with Gasteiger partial charge in [-0.2, -0.15) is 0 Å². The van der Waals surface area contributed by atoms with Gasteiger partial charge in [0.1, 0.15) is 4.91 Å². The van der Waals surface area contributed by atoms with E-state index in [2.05, 4.69) is 33.0 Å². The number of amidine groups is 1. The molecular weight excluding hydrogens is 478 g/mol. The lowest BCUT2D eigenvalue weighted by Gasteiger charge is -2.16. The number of carbonyl (C=O) groups excluding carboxylic acids is 1. The number of fused-ring (bicyclic) bond motifs is 1. The molecule has 0 spiro atoms. The summed E-state index contributed by atoms with van der Waals surface area (Å²) in [6, 6.07) is 25.6. The summed E-state index contributed by atoms with van der Waals surface area (Å²) in [5.74, 6) is -0.0517. The second-order valence-corrected chi connectivity index (χ2v) is 9.64. The van der Waals surface area contributed by atoms with Gasteiger partial charge in [0.15, 0.2) is 5.17 Å². The maximum Gasteiger partial charge on any atom is 0.274 e. The van der Waals surface area contributed by atoms with Crippen molar-refractivity contribution in [2.24, 2.45) is 4.99 Å². The highest BCUT2D eigenvalue weighted by Crippen LogP contribution is 2.50. The van der Waals surface area contributed by atoms with Crippen LogP contribution in [-0.4, -0.2) is 18.1 Å². The molecule has 0 atom stereocenters. The topological polar surface area (TPSA) is 35.9 Å². The second-order valence-electron chi connectivity index (χ2n) is 6.71. The van der Waals surface area contributed by atoms with E-state index in [1.807, 2.05) is 73.8 Å². The van der Waals surface area contributed by atoms with Crippen molar-refractivity contribution in [3.8, 4) is 0 Å². The second kappa shape index (κ2) is 7.98. The number of para-hydroxylation sites is 2. The smallest absolute Gasteiger partial charge is 0.274 e. The monoisotopic (exact) mass is 493 g/mol. The largest absolute Gasteiger partial charge is 0.337 e. The molecule has 3 aromatic rings. The molecular formula is C23H16BrN3OS2. The lowest BCUT2D eigenvalue weighted by atomic mass is 10.3. The van der Waals surface area contributed by atoms with E-state index >= 15 is 0 Å². The number of halogens is 1. The molecule has 30 heavy (non-hydrogen) atoms. The fraction of sp³-hybridized carbons (Fsp3) is 0.0435. The highest BCUT2D eigenvalue weighted by molar-refractivity contribution is 9.10. The number of hydrogen-bond acceptors (Lipinski definition) is 5. The third-order valence-corrected chi connectivity index (χ3v) is 7.70. The van der Waals surface area contributed by atoms with Crippen LogP contribution in [-0.2, 0) is 4.79 Å². The first-order valence-corrected chi connectivity index (χ1v) is 11.7. The Morgan fingerprint density at radius 2 is 1.57 bits per heavy atom. The number of rotatable bonds is 2. The van der Waals surface area contributed by atoms with E-state index in [4.69, 9.17) is 4.99 Å². The van der Waals surface area contributed by atoms with Crippen LogP contribution >= 0.6 is 39.5 Å². The molecule has 0 radical (unpaired) electrons. The molecule has 1 saturated heterocycles. The van der Waals surface area contributed by atoms with Crippen LogP contribution in [0.15, 0.2) is 103 Å². The number of carbonyl (C=O) groups is 1. The summed E-state index contributed by atoms with van der Waals surface area (Å²) in [5.41, 5.74) is 2.73. The average molecular weight is 494 g/mol. The minimum absolute atomic E-state index is 0.0517. The Morgan fingerprint density at radius 3 is 2.30 bits per heavy atom. The zero-order chi connectivity index (χ0) is 20.7. The van der Waals surface area contributed by atoms with Gasteiger partial charge in [-0.25, -0.2) is 4.99 Å². The third kappa shape index (κ3) is 3.47. The SMILES string of the molecule is CN1/C(=C2/SC(=Nc3ccc(Br)cc3)N(c3ccccc3)C2=O)Sc2ccccc21. The number of amides is 1. The maximum absolute atomic E-state index is 13.6. The minimum atomic E-state index is -0.0517. The van der Waals surface area contributed by atoms with Crippen LogP contribution in [0, 0.1) is 0 Å². The van der Waals surface area contributed by atoms with E-state index in [1.54, 1.807) is 16.7 Å². The lowest BCUT2D eigenvalue weighted by Crippen LogP contribution is -2.29. The molecule has 1 fully saturated rings. The van der Waals surface area contributed by atoms with Gasteiger partial charge in [0.2, 0.25) is 0 Å². The number of hydrogen-bond donors (Lipinski definition) is 0. The highest BCUT2D eigenvalue weighted by atomic mass is 79.9. The van der Waals surface area contributed by atoms with Crippen LogP contribution in [0.2, 0.25) is 0 Å². The first-order chi connectivity index (χ1) is 14.6. The van der Waals surface area contributed by atoms with Gasteiger partial charge in [0.05, 0.1) is 22.1 Å². The Kier molecular flexibility index (Phi) is 5.18. The number of aliphatic imine (C=N–C) groups is 1. The van der Waals surface area contributed by atoms with E-state index in [-0.39, 0.29) is 5.91 Å². The first kappa shape index (κ1) is 19.5. The van der Waals surface area contributed by atoms with Gasteiger partial charge in [-0.15, -0.1) is 0 Å². The van der Waals surface area contributed by atoms with E-state index < -0.39 is 0 Å². The summed E-state index contributed by atoms with van der Waals surface area (Å²) in [6.07, 6.45) is 0. The number of thioether (sulfide) groups is 2. The van der Waals surface area contributed by atoms with Crippen molar-refractivity contribution in [3.05, 3.63) is 93.3 Å². The quantitative estimate of drug-likeness (QED) is 0.375. The van der Waals surface area contributed by atoms with Crippen molar-refractivity contribution in [2.75, 3.05) is 16.8 Å². The Balaban J connectivity index is 1.61. The van der Waals surface area contributed by atoms with Gasteiger partial charge in [0, 0.05) is 16.4 Å². The van der Waals surface area contributed by atoms with Gasteiger partial charge >= 0.3 is 0 Å². The predicted octanol–water partition coefficient (Wildman–Crippen LogP) is 6.63. The average Bonchev–Trinajstić information content (AvgIpc) is 3.27. The Labute approximate surface area is 191 Å². The van der Waals surface area contributed by atoms with E-state index in [0.717, 1.165) is 31.5 Å². The van der Waals surface area contributed by atoms with Crippen molar-refractivity contribution < 1.29 is 4.79 Å². The van der Waals surface area contributed by atoms with Crippen molar-refractivity contribution in [3.63, 3.8) is 0 Å². The van der Waals surface area contributed by atoms with Gasteiger partial charge < -0.3 is 4.90 Å². The summed E-state index contributed by atoms with van der Waals surface area (Å²) in [6.45, 7) is 0.